The van der Waals surface area contributed by atoms with Gasteiger partial charge in [-0.15, -0.1) is 0 Å². The normalized spacial score (nSPS) is 13.0. The molecule has 0 atom stereocenters. The Morgan fingerprint density at radius 2 is 1.60 bits per heavy atom. The van der Waals surface area contributed by atoms with Crippen LogP contribution in [0.4, 0.5) is 0 Å². The number of fused-ring (bicyclic) bond motifs is 1. The van der Waals surface area contributed by atoms with Crippen molar-refractivity contribution < 1.29 is 9.59 Å². The lowest BCUT2D eigenvalue weighted by Gasteiger charge is -2.16. The average Bonchev–Trinajstić information content (AvgIpc) is 3.04. The number of aromatic nitrogens is 2. The molecule has 2 amide bonds. The number of amides is 2. The standard InChI is InChI=1S/C35H38N4O4/c1-2-25-13-16-29(17-14-25)39-34(42)30-18-15-28(33(41)37-22-20-27-11-7-4-8-12-27)23-31(30)38(35(39)43)24-32(40)36-21-19-26-9-5-3-6-10-26/h4,7-9,11-18,23H,2-3,5-6,10,19-22,24H2,1H3,(H,36,40)(H,37,41). The van der Waals surface area contributed by atoms with Gasteiger partial charge in [-0.05, 0) is 86.4 Å². The molecule has 1 aromatic heterocycles. The van der Waals surface area contributed by atoms with E-state index >= 15 is 0 Å². The van der Waals surface area contributed by atoms with Gasteiger partial charge in [-0.25, -0.2) is 9.36 Å². The number of benzene rings is 3. The largest absolute Gasteiger partial charge is 0.354 e. The molecule has 222 valence electrons. The van der Waals surface area contributed by atoms with E-state index in [9.17, 15) is 19.2 Å². The average molecular weight is 579 g/mol. The summed E-state index contributed by atoms with van der Waals surface area (Å²) < 4.78 is 2.39. The summed E-state index contributed by atoms with van der Waals surface area (Å²) in [6.07, 6.45) is 9.02. The topological polar surface area (TPSA) is 102 Å². The van der Waals surface area contributed by atoms with Crippen molar-refractivity contribution in [2.75, 3.05) is 13.1 Å². The Morgan fingerprint density at radius 3 is 2.33 bits per heavy atom. The van der Waals surface area contributed by atoms with Gasteiger partial charge >= 0.3 is 5.69 Å². The smallest absolute Gasteiger partial charge is 0.336 e. The molecular formula is C35H38N4O4. The number of aryl methyl sites for hydroxylation is 1. The highest BCUT2D eigenvalue weighted by atomic mass is 16.2. The first-order valence-corrected chi connectivity index (χ1v) is 15.1. The van der Waals surface area contributed by atoms with Crippen LogP contribution in [0.3, 0.4) is 0 Å². The van der Waals surface area contributed by atoms with E-state index in [4.69, 9.17) is 0 Å². The van der Waals surface area contributed by atoms with Gasteiger partial charge in [0, 0.05) is 18.7 Å². The molecule has 0 fully saturated rings. The maximum Gasteiger partial charge on any atom is 0.336 e. The fourth-order valence-corrected chi connectivity index (χ4v) is 5.53. The van der Waals surface area contributed by atoms with Crippen LogP contribution in [0.2, 0.25) is 0 Å². The minimum absolute atomic E-state index is 0.247. The van der Waals surface area contributed by atoms with Crippen LogP contribution in [0.5, 0.6) is 0 Å². The molecule has 5 rings (SSSR count). The maximum absolute atomic E-state index is 13.9. The molecule has 43 heavy (non-hydrogen) atoms. The fourth-order valence-electron chi connectivity index (χ4n) is 5.53. The van der Waals surface area contributed by atoms with Crippen molar-refractivity contribution in [1.29, 1.82) is 0 Å². The van der Waals surface area contributed by atoms with Crippen molar-refractivity contribution in [3.05, 3.63) is 122 Å². The molecule has 0 saturated carbocycles. The SMILES string of the molecule is CCc1ccc(-n2c(=O)c3ccc(C(=O)NCCc4ccccc4)cc3n(CC(=O)NCCC3=CCCCC3)c2=O)cc1. The summed E-state index contributed by atoms with van der Waals surface area (Å²) in [6.45, 7) is 2.66. The Labute approximate surface area is 251 Å². The summed E-state index contributed by atoms with van der Waals surface area (Å²) in [5.41, 5.74) is 3.38. The van der Waals surface area contributed by atoms with Crippen LogP contribution in [0.1, 0.15) is 60.5 Å². The molecule has 0 aliphatic heterocycles. The molecule has 1 aliphatic carbocycles. The van der Waals surface area contributed by atoms with Gasteiger partial charge in [-0.2, -0.15) is 0 Å². The third kappa shape index (κ3) is 7.20. The Balaban J connectivity index is 1.45. The third-order valence-electron chi connectivity index (χ3n) is 8.01. The van der Waals surface area contributed by atoms with E-state index in [1.54, 1.807) is 24.3 Å². The lowest BCUT2D eigenvalue weighted by Crippen LogP contribution is -2.42. The molecule has 0 unspecified atom stereocenters. The van der Waals surface area contributed by atoms with E-state index in [0.29, 0.717) is 30.8 Å². The Morgan fingerprint density at radius 1 is 0.837 bits per heavy atom. The molecule has 2 N–H and O–H groups in total. The van der Waals surface area contributed by atoms with E-state index < -0.39 is 11.2 Å². The van der Waals surface area contributed by atoms with Crippen LogP contribution in [0.15, 0.2) is 94.0 Å². The van der Waals surface area contributed by atoms with Gasteiger partial charge in [0.1, 0.15) is 6.54 Å². The number of rotatable bonds is 11. The monoisotopic (exact) mass is 578 g/mol. The van der Waals surface area contributed by atoms with Gasteiger partial charge in [0.15, 0.2) is 0 Å². The van der Waals surface area contributed by atoms with Crippen molar-refractivity contribution in [3.8, 4) is 5.69 Å². The van der Waals surface area contributed by atoms with E-state index in [-0.39, 0.29) is 29.3 Å². The Bertz CT molecular complexity index is 1750. The highest BCUT2D eigenvalue weighted by molar-refractivity contribution is 5.98. The summed E-state index contributed by atoms with van der Waals surface area (Å²) in [5.74, 6) is -0.648. The lowest BCUT2D eigenvalue weighted by atomic mass is 9.97. The van der Waals surface area contributed by atoms with Crippen molar-refractivity contribution in [3.63, 3.8) is 0 Å². The van der Waals surface area contributed by atoms with Gasteiger partial charge in [-0.3, -0.25) is 19.0 Å². The minimum Gasteiger partial charge on any atom is -0.354 e. The zero-order valence-corrected chi connectivity index (χ0v) is 24.6. The van der Waals surface area contributed by atoms with Crippen LogP contribution in [0, 0.1) is 0 Å². The fraction of sp³-hybridized carbons (Fsp3) is 0.314. The second-order valence-corrected chi connectivity index (χ2v) is 11.0. The second kappa shape index (κ2) is 14.0. The second-order valence-electron chi connectivity index (χ2n) is 11.0. The lowest BCUT2D eigenvalue weighted by molar-refractivity contribution is -0.121. The summed E-state index contributed by atoms with van der Waals surface area (Å²) in [4.78, 5) is 53.7. The quantitative estimate of drug-likeness (QED) is 0.252. The number of carbonyl (C=O) groups excluding carboxylic acids is 2. The number of nitrogens with zero attached hydrogens (tertiary/aromatic N) is 2. The minimum atomic E-state index is -0.631. The van der Waals surface area contributed by atoms with Crippen LogP contribution >= 0.6 is 0 Å². The zero-order chi connectivity index (χ0) is 30.2. The van der Waals surface area contributed by atoms with Crippen molar-refractivity contribution in [2.45, 2.75) is 58.4 Å². The summed E-state index contributed by atoms with van der Waals surface area (Å²) in [5, 5.41) is 6.10. The van der Waals surface area contributed by atoms with Crippen molar-refractivity contribution >= 4 is 22.7 Å². The molecule has 0 saturated heterocycles. The first kappa shape index (κ1) is 29.8. The molecule has 0 spiro atoms. The first-order valence-electron chi connectivity index (χ1n) is 15.1. The van der Waals surface area contributed by atoms with Gasteiger partial charge in [0.2, 0.25) is 5.91 Å². The summed E-state index contributed by atoms with van der Waals surface area (Å²) in [7, 11) is 0. The van der Waals surface area contributed by atoms with Crippen LogP contribution in [0.25, 0.3) is 16.6 Å². The first-order chi connectivity index (χ1) is 20.9. The Hall–Kier alpha value is -4.72. The van der Waals surface area contributed by atoms with E-state index in [2.05, 4.69) is 16.7 Å². The van der Waals surface area contributed by atoms with Crippen molar-refractivity contribution in [1.82, 2.24) is 19.8 Å². The molecule has 1 aliphatic rings. The highest BCUT2D eigenvalue weighted by Gasteiger charge is 2.19. The van der Waals surface area contributed by atoms with Crippen molar-refractivity contribution in [2.24, 2.45) is 0 Å². The molecule has 8 nitrogen and oxygen atoms in total. The van der Waals surface area contributed by atoms with Gasteiger partial charge in [-0.1, -0.05) is 61.0 Å². The molecule has 3 aromatic carbocycles. The number of allylic oxidation sites excluding steroid dienone is 1. The maximum atomic E-state index is 13.9. The number of carbonyl (C=O) groups is 2. The van der Waals surface area contributed by atoms with Gasteiger partial charge < -0.3 is 10.6 Å². The van der Waals surface area contributed by atoms with Crippen LogP contribution in [-0.2, 0) is 24.2 Å². The molecular weight excluding hydrogens is 540 g/mol. The predicted octanol–water partition coefficient (Wildman–Crippen LogP) is 4.69. The third-order valence-corrected chi connectivity index (χ3v) is 8.01. The zero-order valence-electron chi connectivity index (χ0n) is 24.6. The Kier molecular flexibility index (Phi) is 9.66. The summed E-state index contributed by atoms with van der Waals surface area (Å²) in [6, 6.07) is 21.8. The van der Waals surface area contributed by atoms with Crippen LogP contribution < -0.4 is 21.9 Å². The molecule has 0 radical (unpaired) electrons. The molecule has 1 heterocycles. The van der Waals surface area contributed by atoms with E-state index in [1.165, 1.54) is 29.0 Å². The number of nitrogens with one attached hydrogen (secondary N) is 2. The molecule has 8 heteroatoms. The van der Waals surface area contributed by atoms with E-state index in [0.717, 1.165) is 41.4 Å². The molecule has 4 aromatic rings. The predicted molar refractivity (Wildman–Crippen MR) is 170 cm³/mol. The highest BCUT2D eigenvalue weighted by Crippen LogP contribution is 2.19. The van der Waals surface area contributed by atoms with Crippen LogP contribution in [-0.4, -0.2) is 34.0 Å². The van der Waals surface area contributed by atoms with Gasteiger partial charge in [0.05, 0.1) is 16.6 Å². The number of hydrogen-bond acceptors (Lipinski definition) is 4. The van der Waals surface area contributed by atoms with E-state index in [1.807, 2.05) is 49.4 Å². The molecule has 0 bridgehead atoms. The summed E-state index contributed by atoms with van der Waals surface area (Å²) >= 11 is 0. The van der Waals surface area contributed by atoms with Gasteiger partial charge in [0.25, 0.3) is 11.5 Å². The number of hydrogen-bond donors (Lipinski definition) is 2.